The first-order valence-electron chi connectivity index (χ1n) is 3.44. The van der Waals surface area contributed by atoms with E-state index in [1.54, 1.807) is 13.2 Å². The molecular formula is C8H7BrO3. The summed E-state index contributed by atoms with van der Waals surface area (Å²) in [6.07, 6.45) is 0. The second kappa shape index (κ2) is 2.86. The predicted octanol–water partition coefficient (Wildman–Crippen LogP) is 2.19. The number of hydrogen-bond donors (Lipinski definition) is 0. The normalized spacial score (nSPS) is 13.2. The van der Waals surface area contributed by atoms with Gasteiger partial charge in [0.1, 0.15) is 5.75 Å². The van der Waals surface area contributed by atoms with Crippen molar-refractivity contribution >= 4 is 15.9 Å². The van der Waals surface area contributed by atoms with Crippen molar-refractivity contribution in [2.24, 2.45) is 0 Å². The van der Waals surface area contributed by atoms with E-state index in [4.69, 9.17) is 14.2 Å². The molecule has 0 bridgehead atoms. The van der Waals surface area contributed by atoms with Crippen LogP contribution in [0.15, 0.2) is 16.6 Å². The number of hydrogen-bond acceptors (Lipinski definition) is 3. The van der Waals surface area contributed by atoms with Crippen molar-refractivity contribution in [2.45, 2.75) is 0 Å². The zero-order valence-corrected chi connectivity index (χ0v) is 8.05. The van der Waals surface area contributed by atoms with Crippen LogP contribution in [-0.4, -0.2) is 13.9 Å². The van der Waals surface area contributed by atoms with Gasteiger partial charge in [-0.1, -0.05) is 0 Å². The van der Waals surface area contributed by atoms with E-state index in [0.29, 0.717) is 0 Å². The van der Waals surface area contributed by atoms with Crippen LogP contribution in [0.25, 0.3) is 0 Å². The minimum Gasteiger partial charge on any atom is -0.495 e. The summed E-state index contributed by atoms with van der Waals surface area (Å²) in [6, 6.07) is 3.63. The van der Waals surface area contributed by atoms with Gasteiger partial charge in [0, 0.05) is 12.1 Å². The van der Waals surface area contributed by atoms with E-state index in [9.17, 15) is 0 Å². The molecule has 2 rings (SSSR count). The topological polar surface area (TPSA) is 27.7 Å². The second-order valence-electron chi connectivity index (χ2n) is 2.34. The number of methoxy groups -OCH3 is 1. The summed E-state index contributed by atoms with van der Waals surface area (Å²) in [5, 5.41) is 0. The fourth-order valence-electron chi connectivity index (χ4n) is 1.05. The van der Waals surface area contributed by atoms with Gasteiger partial charge in [-0.2, -0.15) is 0 Å². The van der Waals surface area contributed by atoms with Crippen molar-refractivity contribution in [2.75, 3.05) is 13.9 Å². The van der Waals surface area contributed by atoms with Crippen molar-refractivity contribution < 1.29 is 14.2 Å². The summed E-state index contributed by atoms with van der Waals surface area (Å²) in [5.41, 5.74) is 0. The van der Waals surface area contributed by atoms with Crippen LogP contribution in [0.4, 0.5) is 0 Å². The van der Waals surface area contributed by atoms with Crippen LogP contribution < -0.4 is 14.2 Å². The Balaban J connectivity index is 2.49. The molecule has 0 aromatic heterocycles. The van der Waals surface area contributed by atoms with E-state index >= 15 is 0 Å². The summed E-state index contributed by atoms with van der Waals surface area (Å²) in [7, 11) is 1.61. The van der Waals surface area contributed by atoms with Crippen LogP contribution in [0.3, 0.4) is 0 Å². The molecule has 0 amide bonds. The lowest BCUT2D eigenvalue weighted by Crippen LogP contribution is -1.92. The van der Waals surface area contributed by atoms with Crippen LogP contribution in [0, 0.1) is 0 Å². The van der Waals surface area contributed by atoms with Crippen LogP contribution in [0.2, 0.25) is 0 Å². The molecule has 0 N–H and O–H groups in total. The minimum absolute atomic E-state index is 0.287. The van der Waals surface area contributed by atoms with Gasteiger partial charge in [-0.3, -0.25) is 0 Å². The van der Waals surface area contributed by atoms with Crippen molar-refractivity contribution in [1.82, 2.24) is 0 Å². The molecule has 0 saturated heterocycles. The third kappa shape index (κ3) is 1.12. The van der Waals surface area contributed by atoms with Gasteiger partial charge in [0.25, 0.3) is 0 Å². The molecule has 0 radical (unpaired) electrons. The molecular weight excluding hydrogens is 224 g/mol. The number of fused-ring (bicyclic) bond motifs is 1. The van der Waals surface area contributed by atoms with E-state index < -0.39 is 0 Å². The van der Waals surface area contributed by atoms with Crippen LogP contribution in [0.1, 0.15) is 0 Å². The lowest BCUT2D eigenvalue weighted by molar-refractivity contribution is 0.174. The molecule has 12 heavy (non-hydrogen) atoms. The van der Waals surface area contributed by atoms with Gasteiger partial charge in [0.05, 0.1) is 11.6 Å². The van der Waals surface area contributed by atoms with Crippen molar-refractivity contribution in [3.05, 3.63) is 16.6 Å². The van der Waals surface area contributed by atoms with Gasteiger partial charge in [-0.05, 0) is 15.9 Å². The first-order valence-corrected chi connectivity index (χ1v) is 4.23. The summed E-state index contributed by atoms with van der Waals surface area (Å²) in [5.74, 6) is 2.23. The van der Waals surface area contributed by atoms with Gasteiger partial charge in [-0.15, -0.1) is 0 Å². The Hall–Kier alpha value is -0.900. The van der Waals surface area contributed by atoms with Crippen molar-refractivity contribution in [3.8, 4) is 17.2 Å². The summed E-state index contributed by atoms with van der Waals surface area (Å²) < 4.78 is 16.3. The van der Waals surface area contributed by atoms with Crippen molar-refractivity contribution in [1.29, 1.82) is 0 Å². The lowest BCUT2D eigenvalue weighted by Gasteiger charge is -2.03. The van der Waals surface area contributed by atoms with E-state index in [1.165, 1.54) is 0 Å². The average molecular weight is 231 g/mol. The van der Waals surface area contributed by atoms with Gasteiger partial charge in [-0.25, -0.2) is 0 Å². The molecule has 1 aliphatic rings. The van der Waals surface area contributed by atoms with Gasteiger partial charge in [0.15, 0.2) is 11.5 Å². The molecule has 0 unspecified atom stereocenters. The highest BCUT2D eigenvalue weighted by molar-refractivity contribution is 9.10. The Kier molecular flexibility index (Phi) is 1.84. The Labute approximate surface area is 78.4 Å². The first kappa shape index (κ1) is 7.73. The SMILES string of the molecule is COc1cc2c(cc1Br)OCO2. The maximum absolute atomic E-state index is 5.17. The smallest absolute Gasteiger partial charge is 0.231 e. The number of halogens is 1. The Morgan fingerprint density at radius 2 is 2.00 bits per heavy atom. The molecule has 0 spiro atoms. The zero-order chi connectivity index (χ0) is 8.55. The molecule has 64 valence electrons. The maximum Gasteiger partial charge on any atom is 0.231 e. The van der Waals surface area contributed by atoms with E-state index in [2.05, 4.69) is 15.9 Å². The minimum atomic E-state index is 0.287. The molecule has 1 aromatic rings. The fourth-order valence-corrected chi connectivity index (χ4v) is 1.54. The molecule has 4 heteroatoms. The molecule has 1 aromatic carbocycles. The molecule has 1 aliphatic heterocycles. The lowest BCUT2D eigenvalue weighted by atomic mass is 10.3. The standard InChI is InChI=1S/C8H7BrO3/c1-10-6-3-8-7(2-5(6)9)11-4-12-8/h2-3H,4H2,1H3. The van der Waals surface area contributed by atoms with E-state index in [-0.39, 0.29) is 6.79 Å². The number of ether oxygens (including phenoxy) is 3. The fraction of sp³-hybridized carbons (Fsp3) is 0.250. The quantitative estimate of drug-likeness (QED) is 0.741. The molecule has 1 heterocycles. The van der Waals surface area contributed by atoms with E-state index in [0.717, 1.165) is 21.7 Å². The molecule has 0 fully saturated rings. The summed E-state index contributed by atoms with van der Waals surface area (Å²) >= 11 is 3.35. The van der Waals surface area contributed by atoms with E-state index in [1.807, 2.05) is 6.07 Å². The number of benzene rings is 1. The number of rotatable bonds is 1. The third-order valence-corrected chi connectivity index (χ3v) is 2.27. The molecule has 0 aliphatic carbocycles. The summed E-state index contributed by atoms with van der Waals surface area (Å²) in [4.78, 5) is 0. The molecule has 3 nitrogen and oxygen atoms in total. The van der Waals surface area contributed by atoms with Gasteiger partial charge >= 0.3 is 0 Å². The van der Waals surface area contributed by atoms with Crippen LogP contribution in [-0.2, 0) is 0 Å². The van der Waals surface area contributed by atoms with Crippen LogP contribution in [0.5, 0.6) is 17.2 Å². The van der Waals surface area contributed by atoms with Gasteiger partial charge < -0.3 is 14.2 Å². The Morgan fingerprint density at radius 1 is 1.33 bits per heavy atom. The first-order chi connectivity index (χ1) is 5.81. The highest BCUT2D eigenvalue weighted by atomic mass is 79.9. The molecule has 0 saturated carbocycles. The highest BCUT2D eigenvalue weighted by Gasteiger charge is 2.16. The maximum atomic E-state index is 5.17. The monoisotopic (exact) mass is 230 g/mol. The van der Waals surface area contributed by atoms with Gasteiger partial charge in [0.2, 0.25) is 6.79 Å². The Morgan fingerprint density at radius 3 is 2.67 bits per heavy atom. The largest absolute Gasteiger partial charge is 0.495 e. The average Bonchev–Trinajstić information content (AvgIpc) is 2.49. The Bertz CT molecular complexity index is 311. The highest BCUT2D eigenvalue weighted by Crippen LogP contribution is 2.40. The second-order valence-corrected chi connectivity index (χ2v) is 3.19. The molecule has 0 atom stereocenters. The van der Waals surface area contributed by atoms with Crippen LogP contribution >= 0.6 is 15.9 Å². The predicted molar refractivity (Wildman–Crippen MR) is 46.8 cm³/mol. The summed E-state index contributed by atoms with van der Waals surface area (Å²) in [6.45, 7) is 0.287. The van der Waals surface area contributed by atoms with Crippen molar-refractivity contribution in [3.63, 3.8) is 0 Å². The third-order valence-electron chi connectivity index (χ3n) is 1.65. The zero-order valence-electron chi connectivity index (χ0n) is 6.46.